The Kier molecular flexibility index (Phi) is 4.76. The van der Waals surface area contributed by atoms with Crippen LogP contribution in [0.15, 0.2) is 34.6 Å². The summed E-state index contributed by atoms with van der Waals surface area (Å²) < 4.78 is 0. The van der Waals surface area contributed by atoms with E-state index in [2.05, 4.69) is 21.2 Å². The van der Waals surface area contributed by atoms with Gasteiger partial charge in [-0.2, -0.15) is 0 Å². The van der Waals surface area contributed by atoms with Crippen LogP contribution in [0.2, 0.25) is 0 Å². The Labute approximate surface area is 167 Å². The zero-order valence-electron chi connectivity index (χ0n) is 16.0. The number of hydrogen-bond donors (Lipinski definition) is 3. The first kappa shape index (κ1) is 18.8. The highest BCUT2D eigenvalue weighted by Crippen LogP contribution is 2.39. The summed E-state index contributed by atoms with van der Waals surface area (Å²) in [5, 5.41) is 25.8. The molecular weight excluding hydrogens is 376 g/mol. The monoisotopic (exact) mass is 400 g/mol. The lowest BCUT2D eigenvalue weighted by molar-refractivity contribution is -0.148. The maximum absolute atomic E-state index is 11.4. The van der Waals surface area contributed by atoms with E-state index in [-0.39, 0.29) is 5.75 Å². The Morgan fingerprint density at radius 2 is 2.00 bits per heavy atom. The number of carboxylic acid groups (broad SMARTS) is 1. The smallest absolute Gasteiger partial charge is 0.310 e. The van der Waals surface area contributed by atoms with Crippen LogP contribution in [0.5, 0.6) is 5.75 Å². The van der Waals surface area contributed by atoms with E-state index in [0.29, 0.717) is 12.2 Å². The van der Waals surface area contributed by atoms with Gasteiger partial charge in [-0.3, -0.25) is 9.69 Å². The number of hydrogen-bond acceptors (Lipinski definition) is 7. The Morgan fingerprint density at radius 1 is 1.25 bits per heavy atom. The number of carboxylic acids is 1. The second-order valence-electron chi connectivity index (χ2n) is 7.88. The average molecular weight is 401 g/mol. The molecule has 0 aliphatic carbocycles. The number of nitrogens with zero attached hydrogens (tertiary/aromatic N) is 3. The minimum absolute atomic E-state index is 0.189. The predicted octanol–water partition coefficient (Wildman–Crippen LogP) is 3.32. The minimum atomic E-state index is -0.770. The van der Waals surface area contributed by atoms with Crippen LogP contribution in [0.3, 0.4) is 0 Å². The number of phenolic OH excluding ortho intramolecular Hbond substituents is 1. The molecule has 4 rings (SSSR count). The summed E-state index contributed by atoms with van der Waals surface area (Å²) in [6.07, 6.45) is 0. The number of carbonyl (C=O) groups is 1. The highest BCUT2D eigenvalue weighted by atomic mass is 32.1. The molecule has 3 N–H and O–H groups in total. The van der Waals surface area contributed by atoms with E-state index in [1.165, 1.54) is 0 Å². The number of aliphatic carboxylic acids is 1. The fourth-order valence-electron chi connectivity index (χ4n) is 3.58. The Balaban J connectivity index is 1.57. The van der Waals surface area contributed by atoms with Gasteiger partial charge < -0.3 is 20.4 Å². The zero-order valence-corrected chi connectivity index (χ0v) is 16.8. The Bertz CT molecular complexity index is 929. The fourth-order valence-corrected chi connectivity index (χ4v) is 4.38. The Hall–Kier alpha value is -2.58. The van der Waals surface area contributed by atoms with Crippen molar-refractivity contribution in [2.45, 2.75) is 13.8 Å². The predicted molar refractivity (Wildman–Crippen MR) is 111 cm³/mol. The second kappa shape index (κ2) is 7.10. The van der Waals surface area contributed by atoms with Gasteiger partial charge in [0.15, 0.2) is 0 Å². The number of piperazine rings is 1. The van der Waals surface area contributed by atoms with Crippen LogP contribution in [-0.2, 0) is 4.79 Å². The van der Waals surface area contributed by atoms with Crippen molar-refractivity contribution in [2.24, 2.45) is 10.4 Å². The van der Waals surface area contributed by atoms with Crippen molar-refractivity contribution in [2.75, 3.05) is 38.0 Å². The third-order valence-corrected chi connectivity index (χ3v) is 6.06. The van der Waals surface area contributed by atoms with Gasteiger partial charge in [-0.25, -0.2) is 4.99 Å². The minimum Gasteiger partial charge on any atom is -0.508 e. The summed E-state index contributed by atoms with van der Waals surface area (Å²) in [4.78, 5) is 20.7. The molecule has 28 heavy (non-hydrogen) atoms. The van der Waals surface area contributed by atoms with Crippen LogP contribution in [0.4, 0.5) is 16.4 Å². The van der Waals surface area contributed by atoms with E-state index in [0.717, 1.165) is 48.3 Å². The van der Waals surface area contributed by atoms with Crippen molar-refractivity contribution in [1.82, 2.24) is 9.80 Å². The van der Waals surface area contributed by atoms with Crippen LogP contribution in [-0.4, -0.2) is 64.5 Å². The van der Waals surface area contributed by atoms with Crippen molar-refractivity contribution < 1.29 is 15.0 Å². The summed E-state index contributed by atoms with van der Waals surface area (Å²) in [7, 11) is 0. The number of fused-ring (bicyclic) bond motifs is 2. The topological polar surface area (TPSA) is 88.4 Å². The van der Waals surface area contributed by atoms with Gasteiger partial charge in [0.1, 0.15) is 16.6 Å². The molecule has 2 aliphatic heterocycles. The quantitative estimate of drug-likeness (QED) is 0.685. The first-order valence-corrected chi connectivity index (χ1v) is 10.2. The van der Waals surface area contributed by atoms with Crippen LogP contribution in [0.25, 0.3) is 0 Å². The maximum Gasteiger partial charge on any atom is 0.310 e. The molecule has 148 valence electrons. The largest absolute Gasteiger partial charge is 0.508 e. The molecule has 1 saturated heterocycles. The normalized spacial score (nSPS) is 17.2. The molecule has 2 aromatic rings. The lowest BCUT2D eigenvalue weighted by atomic mass is 9.93. The summed E-state index contributed by atoms with van der Waals surface area (Å²) in [6, 6.07) is 7.23. The SMILES string of the molecule is CC(C)(CN1CCN(C2=Nc3cc(O)ccc3Nc3sccc32)CC1)C(=O)O. The molecule has 2 aliphatic rings. The van der Waals surface area contributed by atoms with Gasteiger partial charge in [0, 0.05) is 38.8 Å². The highest BCUT2D eigenvalue weighted by molar-refractivity contribution is 7.14. The Morgan fingerprint density at radius 3 is 2.71 bits per heavy atom. The van der Waals surface area contributed by atoms with Gasteiger partial charge in [-0.15, -0.1) is 11.3 Å². The molecule has 1 fully saturated rings. The van der Waals surface area contributed by atoms with Crippen LogP contribution < -0.4 is 5.32 Å². The van der Waals surface area contributed by atoms with Crippen LogP contribution in [0.1, 0.15) is 19.4 Å². The van der Waals surface area contributed by atoms with E-state index >= 15 is 0 Å². The van der Waals surface area contributed by atoms with E-state index in [9.17, 15) is 15.0 Å². The van der Waals surface area contributed by atoms with Gasteiger partial charge >= 0.3 is 5.97 Å². The summed E-state index contributed by atoms with van der Waals surface area (Å²) in [5.41, 5.74) is 1.88. The molecule has 0 unspecified atom stereocenters. The standard InChI is InChI=1S/C20H24N4O3S/c1-20(2,19(26)27)12-23-6-8-24(9-7-23)17-14-5-10-28-18(14)22-15-4-3-13(25)11-16(15)21-17/h3-5,10-11,22,25H,6-9,12H2,1-2H3,(H,26,27). The van der Waals surface area contributed by atoms with Gasteiger partial charge in [0.25, 0.3) is 0 Å². The number of thiophene rings is 1. The van der Waals surface area contributed by atoms with Gasteiger partial charge in [0.2, 0.25) is 0 Å². The van der Waals surface area contributed by atoms with Gasteiger partial charge in [-0.1, -0.05) is 0 Å². The van der Waals surface area contributed by atoms with Crippen molar-refractivity contribution in [3.05, 3.63) is 35.2 Å². The van der Waals surface area contributed by atoms with Crippen molar-refractivity contribution >= 4 is 39.5 Å². The summed E-state index contributed by atoms with van der Waals surface area (Å²) >= 11 is 1.63. The average Bonchev–Trinajstić information content (AvgIpc) is 3.04. The molecule has 0 atom stereocenters. The number of benzene rings is 1. The second-order valence-corrected chi connectivity index (χ2v) is 8.79. The molecule has 0 spiro atoms. The van der Waals surface area contributed by atoms with Gasteiger partial charge in [0.05, 0.1) is 22.4 Å². The molecule has 1 aromatic heterocycles. The molecular formula is C20H24N4O3S. The molecule has 0 bridgehead atoms. The lowest BCUT2D eigenvalue weighted by Crippen LogP contribution is -2.51. The molecule has 3 heterocycles. The number of rotatable bonds is 3. The molecule has 7 nitrogen and oxygen atoms in total. The number of aliphatic imine (C=N–C) groups is 1. The van der Waals surface area contributed by atoms with Crippen molar-refractivity contribution in [3.8, 4) is 5.75 Å². The first-order chi connectivity index (χ1) is 13.3. The summed E-state index contributed by atoms with van der Waals surface area (Å²) in [6.45, 7) is 7.19. The third-order valence-electron chi connectivity index (χ3n) is 5.23. The number of phenols is 1. The maximum atomic E-state index is 11.4. The third kappa shape index (κ3) is 3.57. The van der Waals surface area contributed by atoms with Gasteiger partial charge in [-0.05, 0) is 37.4 Å². The molecule has 8 heteroatoms. The van der Waals surface area contributed by atoms with E-state index in [1.807, 2.05) is 11.4 Å². The highest BCUT2D eigenvalue weighted by Gasteiger charge is 2.32. The number of nitrogens with one attached hydrogen (secondary N) is 1. The molecule has 0 amide bonds. The van der Waals surface area contributed by atoms with Crippen LogP contribution >= 0.6 is 11.3 Å². The molecule has 0 radical (unpaired) electrons. The van der Waals surface area contributed by atoms with E-state index in [1.54, 1.807) is 37.3 Å². The molecule has 1 aromatic carbocycles. The van der Waals surface area contributed by atoms with E-state index < -0.39 is 11.4 Å². The van der Waals surface area contributed by atoms with Crippen LogP contribution in [0, 0.1) is 5.41 Å². The van der Waals surface area contributed by atoms with E-state index in [4.69, 9.17) is 4.99 Å². The number of aromatic hydroxyl groups is 1. The summed E-state index contributed by atoms with van der Waals surface area (Å²) in [5.74, 6) is 0.313. The lowest BCUT2D eigenvalue weighted by Gasteiger charge is -2.38. The number of anilines is 2. The van der Waals surface area contributed by atoms with Crippen molar-refractivity contribution in [3.63, 3.8) is 0 Å². The van der Waals surface area contributed by atoms with Crippen molar-refractivity contribution in [1.29, 1.82) is 0 Å². The number of amidine groups is 1. The zero-order chi connectivity index (χ0) is 19.9. The fraction of sp³-hybridized carbons (Fsp3) is 0.400. The first-order valence-electron chi connectivity index (χ1n) is 9.31. The molecule has 0 saturated carbocycles.